The Bertz CT molecular complexity index is 451. The smallest absolute Gasteiger partial charge is 0.320 e. The normalized spacial score (nSPS) is 23.5. The van der Waals surface area contributed by atoms with E-state index in [0.29, 0.717) is 6.42 Å². The Morgan fingerprint density at radius 3 is 2.37 bits per heavy atom. The highest BCUT2D eigenvalue weighted by molar-refractivity contribution is 8.01. The first kappa shape index (κ1) is 14.4. The molecule has 1 saturated heterocycles. The summed E-state index contributed by atoms with van der Waals surface area (Å²) in [6, 6.07) is 8.43. The number of hydrogen-bond acceptors (Lipinski definition) is 2. The molecule has 1 aliphatic rings. The molecule has 1 fully saturated rings. The molecule has 2 nitrogen and oxygen atoms in total. The highest BCUT2D eigenvalue weighted by Crippen LogP contribution is 2.41. The molecule has 1 N–H and O–H groups in total. The van der Waals surface area contributed by atoms with Gasteiger partial charge in [-0.25, -0.2) is 0 Å². The molecule has 1 aromatic rings. The van der Waals surface area contributed by atoms with Crippen LogP contribution in [-0.4, -0.2) is 21.6 Å². The summed E-state index contributed by atoms with van der Waals surface area (Å²) in [5, 5.41) is 9.49. The maximum atomic E-state index is 11.5. The number of benzene rings is 1. The van der Waals surface area contributed by atoms with Crippen molar-refractivity contribution in [3.05, 3.63) is 35.4 Å². The van der Waals surface area contributed by atoms with Gasteiger partial charge in [0.15, 0.2) is 0 Å². The van der Waals surface area contributed by atoms with Crippen molar-refractivity contribution in [2.75, 3.05) is 5.75 Å². The lowest BCUT2D eigenvalue weighted by molar-refractivity contribution is -0.139. The van der Waals surface area contributed by atoms with E-state index in [4.69, 9.17) is 0 Å². The quantitative estimate of drug-likeness (QED) is 0.911. The van der Waals surface area contributed by atoms with E-state index >= 15 is 0 Å². The first-order valence-electron chi connectivity index (χ1n) is 6.80. The molecule has 2 rings (SSSR count). The van der Waals surface area contributed by atoms with Crippen LogP contribution in [0.2, 0.25) is 0 Å². The lowest BCUT2D eigenvalue weighted by Crippen LogP contribution is -2.34. The Labute approximate surface area is 119 Å². The van der Waals surface area contributed by atoms with Gasteiger partial charge in [-0.3, -0.25) is 4.79 Å². The summed E-state index contributed by atoms with van der Waals surface area (Å²) >= 11 is 1.60. The maximum absolute atomic E-state index is 11.5. The zero-order valence-electron chi connectivity index (χ0n) is 11.9. The second-order valence-electron chi connectivity index (χ2n) is 6.38. The first-order chi connectivity index (χ1) is 8.83. The van der Waals surface area contributed by atoms with Gasteiger partial charge in [-0.05, 0) is 41.6 Å². The van der Waals surface area contributed by atoms with Crippen molar-refractivity contribution in [2.24, 2.45) is 0 Å². The summed E-state index contributed by atoms with van der Waals surface area (Å²) in [6.07, 6.45) is 2.43. The van der Waals surface area contributed by atoms with Gasteiger partial charge in [0, 0.05) is 0 Å². The van der Waals surface area contributed by atoms with Crippen LogP contribution in [0.3, 0.4) is 0 Å². The lowest BCUT2D eigenvalue weighted by atomic mass is 9.85. The van der Waals surface area contributed by atoms with Gasteiger partial charge in [0.25, 0.3) is 0 Å². The van der Waals surface area contributed by atoms with Crippen molar-refractivity contribution < 1.29 is 9.90 Å². The Morgan fingerprint density at radius 1 is 1.32 bits per heavy atom. The molecule has 104 valence electrons. The van der Waals surface area contributed by atoms with E-state index in [1.807, 2.05) is 0 Å². The molecule has 3 heteroatoms. The average molecular weight is 278 g/mol. The fraction of sp³-hybridized carbons (Fsp3) is 0.562. The second-order valence-corrected chi connectivity index (χ2v) is 7.85. The fourth-order valence-electron chi connectivity index (χ4n) is 2.53. The molecule has 0 spiro atoms. The van der Waals surface area contributed by atoms with E-state index in [-0.39, 0.29) is 5.41 Å². The molecule has 19 heavy (non-hydrogen) atoms. The SMILES string of the molecule is CC(C)(C)c1ccc(CC2(C(=O)O)CCCS2)cc1. The van der Waals surface area contributed by atoms with Crippen molar-refractivity contribution in [3.8, 4) is 0 Å². The molecule has 1 heterocycles. The van der Waals surface area contributed by atoms with Crippen LogP contribution in [0.1, 0.15) is 44.7 Å². The monoisotopic (exact) mass is 278 g/mol. The van der Waals surface area contributed by atoms with Crippen molar-refractivity contribution in [1.29, 1.82) is 0 Å². The Balaban J connectivity index is 2.17. The third-order valence-corrected chi connectivity index (χ3v) is 5.37. The Hall–Kier alpha value is -0.960. The molecule has 1 aliphatic heterocycles. The molecule has 0 radical (unpaired) electrons. The molecule has 0 aliphatic carbocycles. The minimum atomic E-state index is -0.658. The van der Waals surface area contributed by atoms with Crippen molar-refractivity contribution in [2.45, 2.75) is 50.2 Å². The first-order valence-corrected chi connectivity index (χ1v) is 7.79. The molecule has 1 atom stereocenters. The molecule has 0 amide bonds. The van der Waals surface area contributed by atoms with Gasteiger partial charge in [-0.1, -0.05) is 45.0 Å². The summed E-state index contributed by atoms with van der Waals surface area (Å²) in [7, 11) is 0. The van der Waals surface area contributed by atoms with Crippen LogP contribution >= 0.6 is 11.8 Å². The van der Waals surface area contributed by atoms with Gasteiger partial charge in [-0.15, -0.1) is 11.8 Å². The van der Waals surface area contributed by atoms with Gasteiger partial charge in [-0.2, -0.15) is 0 Å². The predicted molar refractivity (Wildman–Crippen MR) is 80.9 cm³/mol. The van der Waals surface area contributed by atoms with Crippen LogP contribution in [0, 0.1) is 0 Å². The molecular formula is C16H22O2S. The number of carbonyl (C=O) groups is 1. The topological polar surface area (TPSA) is 37.3 Å². The third kappa shape index (κ3) is 3.14. The van der Waals surface area contributed by atoms with E-state index in [9.17, 15) is 9.90 Å². The predicted octanol–water partition coefficient (Wildman–Crippen LogP) is 3.88. The average Bonchev–Trinajstić information content (AvgIpc) is 2.78. The summed E-state index contributed by atoms with van der Waals surface area (Å²) in [5.74, 6) is 0.307. The largest absolute Gasteiger partial charge is 0.480 e. The third-order valence-electron chi connectivity index (χ3n) is 3.80. The van der Waals surface area contributed by atoms with Gasteiger partial charge in [0.2, 0.25) is 0 Å². The van der Waals surface area contributed by atoms with E-state index < -0.39 is 10.7 Å². The number of hydrogen-bond donors (Lipinski definition) is 1. The Kier molecular flexibility index (Phi) is 3.95. The summed E-state index contributed by atoms with van der Waals surface area (Å²) in [5.41, 5.74) is 2.56. The molecule has 1 unspecified atom stereocenters. The molecule has 0 saturated carbocycles. The molecule has 1 aromatic carbocycles. The van der Waals surface area contributed by atoms with E-state index in [0.717, 1.165) is 24.2 Å². The Morgan fingerprint density at radius 2 is 1.95 bits per heavy atom. The standard InChI is InChI=1S/C16H22O2S/c1-15(2,3)13-7-5-12(6-8-13)11-16(14(17)18)9-4-10-19-16/h5-8H,4,9-11H2,1-3H3,(H,17,18). The van der Waals surface area contributed by atoms with Crippen LogP contribution in [0.4, 0.5) is 0 Å². The van der Waals surface area contributed by atoms with Crippen LogP contribution < -0.4 is 0 Å². The summed E-state index contributed by atoms with van der Waals surface area (Å²) < 4.78 is -0.594. The van der Waals surface area contributed by atoms with Gasteiger partial charge >= 0.3 is 5.97 Å². The molecular weight excluding hydrogens is 256 g/mol. The van der Waals surface area contributed by atoms with Crippen molar-refractivity contribution in [3.63, 3.8) is 0 Å². The number of carboxylic acids is 1. The number of aliphatic carboxylic acids is 1. The van der Waals surface area contributed by atoms with E-state index in [1.165, 1.54) is 5.56 Å². The molecule has 0 aromatic heterocycles. The highest BCUT2D eigenvalue weighted by atomic mass is 32.2. The number of rotatable bonds is 3. The lowest BCUT2D eigenvalue weighted by Gasteiger charge is -2.24. The fourth-order valence-corrected chi connectivity index (χ4v) is 3.89. The van der Waals surface area contributed by atoms with Crippen LogP contribution in [0.25, 0.3) is 0 Å². The minimum Gasteiger partial charge on any atom is -0.480 e. The highest BCUT2D eigenvalue weighted by Gasteiger charge is 2.42. The zero-order chi connectivity index (χ0) is 14.1. The van der Waals surface area contributed by atoms with Crippen molar-refractivity contribution >= 4 is 17.7 Å². The summed E-state index contributed by atoms with van der Waals surface area (Å²) in [4.78, 5) is 11.5. The summed E-state index contributed by atoms with van der Waals surface area (Å²) in [6.45, 7) is 6.56. The van der Waals surface area contributed by atoms with Crippen molar-refractivity contribution in [1.82, 2.24) is 0 Å². The van der Waals surface area contributed by atoms with Crippen LogP contribution in [0.5, 0.6) is 0 Å². The zero-order valence-corrected chi connectivity index (χ0v) is 12.7. The van der Waals surface area contributed by atoms with Gasteiger partial charge in [0.1, 0.15) is 4.75 Å². The van der Waals surface area contributed by atoms with Crippen LogP contribution in [0.15, 0.2) is 24.3 Å². The minimum absolute atomic E-state index is 0.144. The number of thioether (sulfide) groups is 1. The van der Waals surface area contributed by atoms with E-state index in [1.54, 1.807) is 11.8 Å². The van der Waals surface area contributed by atoms with Gasteiger partial charge in [0.05, 0.1) is 0 Å². The van der Waals surface area contributed by atoms with Gasteiger partial charge < -0.3 is 5.11 Å². The number of carboxylic acid groups (broad SMARTS) is 1. The molecule has 0 bridgehead atoms. The van der Waals surface area contributed by atoms with Crippen LogP contribution in [-0.2, 0) is 16.6 Å². The maximum Gasteiger partial charge on any atom is 0.320 e. The van der Waals surface area contributed by atoms with E-state index in [2.05, 4.69) is 45.0 Å². The second kappa shape index (κ2) is 5.20.